The second-order valence-electron chi connectivity index (χ2n) is 9.54. The van der Waals surface area contributed by atoms with E-state index in [1.54, 1.807) is 4.57 Å². The van der Waals surface area contributed by atoms with Gasteiger partial charge in [-0.15, -0.1) is 0 Å². The summed E-state index contributed by atoms with van der Waals surface area (Å²) in [7, 11) is 0. The number of ether oxygens (including phenoxy) is 4. The van der Waals surface area contributed by atoms with Crippen molar-refractivity contribution in [2.24, 2.45) is 0 Å². The molecule has 188 valence electrons. The van der Waals surface area contributed by atoms with Crippen LogP contribution in [0, 0.1) is 0 Å². The monoisotopic (exact) mass is 489 g/mol. The number of fused-ring (bicyclic) bond motifs is 4. The fourth-order valence-corrected chi connectivity index (χ4v) is 5.15. The highest BCUT2D eigenvalue weighted by Gasteiger charge is 2.23. The Morgan fingerprint density at radius 3 is 2.72 bits per heavy atom. The summed E-state index contributed by atoms with van der Waals surface area (Å²) in [6, 6.07) is 15.5. The number of likely N-dealkylation sites (tertiary alicyclic amines) is 1. The van der Waals surface area contributed by atoms with Gasteiger partial charge in [-0.2, -0.15) is 4.98 Å². The van der Waals surface area contributed by atoms with Gasteiger partial charge in [-0.3, -0.25) is 9.47 Å². The summed E-state index contributed by atoms with van der Waals surface area (Å²) in [4.78, 5) is 19.4. The number of benzene rings is 2. The first-order valence-corrected chi connectivity index (χ1v) is 12.8. The number of rotatable bonds is 7. The van der Waals surface area contributed by atoms with Crippen LogP contribution in [0.5, 0.6) is 23.1 Å². The van der Waals surface area contributed by atoms with Crippen LogP contribution < -0.4 is 24.6 Å². The minimum atomic E-state index is -0.304. The third-order valence-corrected chi connectivity index (χ3v) is 7.05. The number of aryl methyl sites for hydroxylation is 1. The summed E-state index contributed by atoms with van der Waals surface area (Å²) in [6.45, 7) is 5.19. The summed E-state index contributed by atoms with van der Waals surface area (Å²) in [5.41, 5.74) is 2.70. The normalized spacial score (nSPS) is 18.7. The molecule has 0 radical (unpaired) electrons. The van der Waals surface area contributed by atoms with Crippen molar-refractivity contribution in [3.05, 3.63) is 64.6 Å². The standard InChI is InChI=1S/C28H31N3O5/c32-28-29-27(35-19-22-18-34-25-6-2-3-7-26(25)36-22)17-24-23-9-8-21(16-20(23)10-13-31(24)28)33-15-14-30-11-4-1-5-12-30/h2-3,6-9,16-17,22H,1,4-5,10-15,18-19H2. The number of piperidine rings is 1. The Hall–Kier alpha value is -3.52. The van der Waals surface area contributed by atoms with Gasteiger partial charge in [-0.05, 0) is 68.2 Å². The second-order valence-corrected chi connectivity index (χ2v) is 9.54. The Morgan fingerprint density at radius 1 is 0.972 bits per heavy atom. The van der Waals surface area contributed by atoms with Crippen molar-refractivity contribution in [1.82, 2.24) is 14.5 Å². The molecule has 8 heteroatoms. The van der Waals surface area contributed by atoms with Crippen LogP contribution in [0.15, 0.2) is 53.3 Å². The highest BCUT2D eigenvalue weighted by atomic mass is 16.6. The average Bonchev–Trinajstić information content (AvgIpc) is 2.92. The molecule has 4 heterocycles. The largest absolute Gasteiger partial charge is 0.492 e. The van der Waals surface area contributed by atoms with Crippen molar-refractivity contribution in [1.29, 1.82) is 0 Å². The molecule has 0 aliphatic carbocycles. The molecule has 0 N–H and O–H groups in total. The lowest BCUT2D eigenvalue weighted by molar-refractivity contribution is 0.0520. The van der Waals surface area contributed by atoms with Crippen LogP contribution in [0.4, 0.5) is 0 Å². The van der Waals surface area contributed by atoms with Gasteiger partial charge in [0.05, 0.1) is 5.69 Å². The smallest absolute Gasteiger partial charge is 0.351 e. The molecule has 1 aromatic heterocycles. The lowest BCUT2D eigenvalue weighted by atomic mass is 9.97. The van der Waals surface area contributed by atoms with Crippen molar-refractivity contribution >= 4 is 0 Å². The zero-order valence-electron chi connectivity index (χ0n) is 20.4. The predicted molar refractivity (Wildman–Crippen MR) is 135 cm³/mol. The molecule has 0 saturated carbocycles. The van der Waals surface area contributed by atoms with Gasteiger partial charge >= 0.3 is 5.69 Å². The van der Waals surface area contributed by atoms with Crippen molar-refractivity contribution in [2.75, 3.05) is 39.5 Å². The van der Waals surface area contributed by atoms with Crippen LogP contribution in [0.25, 0.3) is 11.3 Å². The third-order valence-electron chi connectivity index (χ3n) is 7.05. The van der Waals surface area contributed by atoms with E-state index >= 15 is 0 Å². The zero-order chi connectivity index (χ0) is 24.3. The Balaban J connectivity index is 1.12. The lowest BCUT2D eigenvalue weighted by Crippen LogP contribution is -2.35. The minimum absolute atomic E-state index is 0.237. The quantitative estimate of drug-likeness (QED) is 0.502. The van der Waals surface area contributed by atoms with E-state index in [0.29, 0.717) is 31.4 Å². The lowest BCUT2D eigenvalue weighted by Gasteiger charge is -2.27. The summed E-state index contributed by atoms with van der Waals surface area (Å²) < 4.78 is 25.4. The van der Waals surface area contributed by atoms with Crippen molar-refractivity contribution in [3.8, 4) is 34.4 Å². The van der Waals surface area contributed by atoms with Crippen molar-refractivity contribution in [3.63, 3.8) is 0 Å². The molecule has 36 heavy (non-hydrogen) atoms. The number of nitrogens with zero attached hydrogens (tertiary/aromatic N) is 3. The Kier molecular flexibility index (Phi) is 6.51. The Labute approximate surface area is 210 Å². The van der Waals surface area contributed by atoms with Crippen molar-refractivity contribution in [2.45, 2.75) is 38.3 Å². The molecule has 0 amide bonds. The maximum Gasteiger partial charge on any atom is 0.351 e. The molecule has 1 fully saturated rings. The fourth-order valence-electron chi connectivity index (χ4n) is 5.15. The van der Waals surface area contributed by atoms with Crippen molar-refractivity contribution < 1.29 is 18.9 Å². The first kappa shape index (κ1) is 22.9. The van der Waals surface area contributed by atoms with Crippen LogP contribution in [-0.4, -0.2) is 60.0 Å². The van der Waals surface area contributed by atoms with Gasteiger partial charge in [-0.25, -0.2) is 4.79 Å². The number of para-hydroxylation sites is 2. The summed E-state index contributed by atoms with van der Waals surface area (Å²) in [5, 5.41) is 0. The molecule has 2 aromatic carbocycles. The molecule has 1 saturated heterocycles. The van der Waals surface area contributed by atoms with Crippen LogP contribution in [0.1, 0.15) is 24.8 Å². The first-order chi connectivity index (χ1) is 17.7. The van der Waals surface area contributed by atoms with Gasteiger partial charge in [0.1, 0.15) is 25.6 Å². The van der Waals surface area contributed by atoms with Crippen LogP contribution in [0.3, 0.4) is 0 Å². The van der Waals surface area contributed by atoms with E-state index in [-0.39, 0.29) is 18.4 Å². The van der Waals surface area contributed by atoms with Gasteiger partial charge in [0.2, 0.25) is 5.88 Å². The number of hydrogen-bond donors (Lipinski definition) is 0. The third kappa shape index (κ3) is 4.91. The van der Waals surface area contributed by atoms with E-state index in [4.69, 9.17) is 18.9 Å². The number of aromatic nitrogens is 2. The molecule has 1 atom stereocenters. The highest BCUT2D eigenvalue weighted by Crippen LogP contribution is 2.33. The summed E-state index contributed by atoms with van der Waals surface area (Å²) in [6.07, 6.45) is 4.39. The number of hydrogen-bond acceptors (Lipinski definition) is 7. The SMILES string of the molecule is O=c1nc(OCC2COc3ccccc3O2)cc2n1CCc1cc(OCCN3CCCCC3)ccc1-2. The molecular formula is C28H31N3O5. The average molecular weight is 490 g/mol. The van der Waals surface area contributed by atoms with E-state index in [1.165, 1.54) is 37.9 Å². The summed E-state index contributed by atoms with van der Waals surface area (Å²) >= 11 is 0. The zero-order valence-corrected chi connectivity index (χ0v) is 20.4. The molecule has 1 unspecified atom stereocenters. The van der Waals surface area contributed by atoms with Crippen LogP contribution >= 0.6 is 0 Å². The molecule has 3 aromatic rings. The minimum Gasteiger partial charge on any atom is -0.492 e. The fraction of sp³-hybridized carbons (Fsp3) is 0.429. The van der Waals surface area contributed by atoms with E-state index in [0.717, 1.165) is 35.7 Å². The topological polar surface area (TPSA) is 75.0 Å². The first-order valence-electron chi connectivity index (χ1n) is 12.8. The van der Waals surface area contributed by atoms with E-state index in [1.807, 2.05) is 42.5 Å². The molecule has 6 rings (SSSR count). The second kappa shape index (κ2) is 10.2. The molecule has 8 nitrogen and oxygen atoms in total. The predicted octanol–water partition coefficient (Wildman–Crippen LogP) is 3.55. The van der Waals surface area contributed by atoms with E-state index < -0.39 is 0 Å². The Bertz CT molecular complexity index is 1280. The van der Waals surface area contributed by atoms with Crippen LogP contribution in [-0.2, 0) is 13.0 Å². The summed E-state index contributed by atoms with van der Waals surface area (Å²) in [5.74, 6) is 2.59. The molecule has 3 aliphatic rings. The van der Waals surface area contributed by atoms with E-state index in [9.17, 15) is 4.79 Å². The van der Waals surface area contributed by atoms with Gasteiger partial charge in [0, 0.05) is 24.7 Å². The highest BCUT2D eigenvalue weighted by molar-refractivity contribution is 5.67. The maximum atomic E-state index is 12.8. The Morgan fingerprint density at radius 2 is 1.83 bits per heavy atom. The van der Waals surface area contributed by atoms with Gasteiger partial charge in [-0.1, -0.05) is 18.6 Å². The molecular weight excluding hydrogens is 458 g/mol. The van der Waals surface area contributed by atoms with Gasteiger partial charge < -0.3 is 18.9 Å². The van der Waals surface area contributed by atoms with Crippen LogP contribution in [0.2, 0.25) is 0 Å². The van der Waals surface area contributed by atoms with Gasteiger partial charge in [0.15, 0.2) is 17.6 Å². The molecule has 3 aliphatic heterocycles. The maximum absolute atomic E-state index is 12.8. The molecule has 0 spiro atoms. The molecule has 0 bridgehead atoms. The van der Waals surface area contributed by atoms with Gasteiger partial charge in [0.25, 0.3) is 0 Å². The van der Waals surface area contributed by atoms with E-state index in [2.05, 4.69) is 16.0 Å².